The van der Waals surface area contributed by atoms with Crippen molar-refractivity contribution in [2.75, 3.05) is 20.1 Å². The van der Waals surface area contributed by atoms with Gasteiger partial charge >= 0.3 is 6.61 Å². The molecular weight excluding hydrogens is 350 g/mol. The lowest BCUT2D eigenvalue weighted by atomic mass is 10.1. The summed E-state index contributed by atoms with van der Waals surface area (Å²) in [7, 11) is 1.91. The summed E-state index contributed by atoms with van der Waals surface area (Å²) >= 11 is 0. The van der Waals surface area contributed by atoms with Gasteiger partial charge in [-0.15, -0.1) is 0 Å². The molecule has 0 aromatic heterocycles. The van der Waals surface area contributed by atoms with E-state index in [2.05, 4.69) is 41.2 Å². The zero-order valence-electron chi connectivity index (χ0n) is 15.8. The van der Waals surface area contributed by atoms with Crippen LogP contribution >= 0.6 is 0 Å². The molecule has 0 aliphatic rings. The summed E-state index contributed by atoms with van der Waals surface area (Å²) in [5, 5.41) is 2.88. The van der Waals surface area contributed by atoms with Crippen LogP contribution < -0.4 is 10.1 Å². The number of alkyl halides is 2. The molecule has 27 heavy (non-hydrogen) atoms. The Balaban J connectivity index is 1.69. The van der Waals surface area contributed by atoms with Crippen LogP contribution in [0.25, 0.3) is 0 Å². The molecule has 2 aromatic rings. The van der Waals surface area contributed by atoms with Gasteiger partial charge in [0.15, 0.2) is 0 Å². The van der Waals surface area contributed by atoms with E-state index < -0.39 is 6.61 Å². The van der Waals surface area contributed by atoms with E-state index in [1.54, 1.807) is 12.1 Å². The molecule has 1 amide bonds. The number of likely N-dealkylation sites (N-methyl/N-ethyl adjacent to an activating group) is 1. The highest BCUT2D eigenvalue weighted by Crippen LogP contribution is 2.15. The van der Waals surface area contributed by atoms with Crippen molar-refractivity contribution in [2.45, 2.75) is 32.9 Å². The van der Waals surface area contributed by atoms with Crippen molar-refractivity contribution in [3.8, 4) is 5.75 Å². The van der Waals surface area contributed by atoms with E-state index in [1.165, 1.54) is 23.3 Å². The topological polar surface area (TPSA) is 41.6 Å². The SMILES string of the molecule is CCc1ccc(CN(C)CC(=O)NCCc2ccc(OC(F)F)cc2)cc1. The largest absolute Gasteiger partial charge is 0.435 e. The van der Waals surface area contributed by atoms with E-state index in [4.69, 9.17) is 0 Å². The van der Waals surface area contributed by atoms with Crippen molar-refractivity contribution < 1.29 is 18.3 Å². The van der Waals surface area contributed by atoms with E-state index in [0.29, 0.717) is 26.1 Å². The lowest BCUT2D eigenvalue weighted by molar-refractivity contribution is -0.122. The number of hydrogen-bond donors (Lipinski definition) is 1. The first-order chi connectivity index (χ1) is 13.0. The summed E-state index contributed by atoms with van der Waals surface area (Å²) in [4.78, 5) is 14.0. The zero-order chi connectivity index (χ0) is 19.6. The molecule has 0 atom stereocenters. The number of carbonyl (C=O) groups is 1. The maximum absolute atomic E-state index is 12.1. The van der Waals surface area contributed by atoms with E-state index >= 15 is 0 Å². The van der Waals surface area contributed by atoms with Crippen molar-refractivity contribution in [3.05, 3.63) is 65.2 Å². The second-order valence-corrected chi connectivity index (χ2v) is 6.46. The van der Waals surface area contributed by atoms with Crippen LogP contribution in [-0.2, 0) is 24.2 Å². The molecule has 0 saturated carbocycles. The van der Waals surface area contributed by atoms with Crippen molar-refractivity contribution in [3.63, 3.8) is 0 Å². The molecule has 0 radical (unpaired) electrons. The van der Waals surface area contributed by atoms with Gasteiger partial charge in [0, 0.05) is 13.1 Å². The van der Waals surface area contributed by atoms with Crippen LogP contribution in [0.1, 0.15) is 23.6 Å². The Labute approximate surface area is 159 Å². The fourth-order valence-corrected chi connectivity index (χ4v) is 2.73. The molecule has 4 nitrogen and oxygen atoms in total. The Morgan fingerprint density at radius 1 is 1.04 bits per heavy atom. The molecular formula is C21H26F2N2O2. The van der Waals surface area contributed by atoms with Crippen LogP contribution in [0.2, 0.25) is 0 Å². The van der Waals surface area contributed by atoms with Gasteiger partial charge in [-0.25, -0.2) is 0 Å². The molecule has 0 aliphatic carbocycles. The maximum atomic E-state index is 12.1. The normalized spacial score (nSPS) is 11.0. The van der Waals surface area contributed by atoms with Crippen LogP contribution in [0, 0.1) is 0 Å². The van der Waals surface area contributed by atoms with Gasteiger partial charge in [0.2, 0.25) is 5.91 Å². The predicted molar refractivity (Wildman–Crippen MR) is 102 cm³/mol. The number of benzene rings is 2. The molecule has 6 heteroatoms. The van der Waals surface area contributed by atoms with Crippen molar-refractivity contribution in [2.24, 2.45) is 0 Å². The smallest absolute Gasteiger partial charge is 0.387 e. The van der Waals surface area contributed by atoms with Crippen molar-refractivity contribution in [1.82, 2.24) is 10.2 Å². The molecule has 0 unspecified atom stereocenters. The van der Waals surface area contributed by atoms with Gasteiger partial charge in [-0.3, -0.25) is 9.69 Å². The highest BCUT2D eigenvalue weighted by Gasteiger charge is 2.07. The highest BCUT2D eigenvalue weighted by atomic mass is 19.3. The highest BCUT2D eigenvalue weighted by molar-refractivity contribution is 5.77. The monoisotopic (exact) mass is 376 g/mol. The van der Waals surface area contributed by atoms with Crippen LogP contribution in [0.4, 0.5) is 8.78 Å². The molecule has 0 spiro atoms. The van der Waals surface area contributed by atoms with Crippen LogP contribution in [0.15, 0.2) is 48.5 Å². The minimum atomic E-state index is -2.82. The number of nitrogens with one attached hydrogen (secondary N) is 1. The lowest BCUT2D eigenvalue weighted by Gasteiger charge is -2.16. The van der Waals surface area contributed by atoms with Gasteiger partial charge in [-0.05, 0) is 48.7 Å². The molecule has 0 fully saturated rings. The number of nitrogens with zero attached hydrogens (tertiary/aromatic N) is 1. The second-order valence-electron chi connectivity index (χ2n) is 6.46. The Kier molecular flexibility index (Phi) is 8.20. The lowest BCUT2D eigenvalue weighted by Crippen LogP contribution is -2.35. The summed E-state index contributed by atoms with van der Waals surface area (Å²) in [5.74, 6) is 0.0895. The number of aryl methyl sites for hydroxylation is 1. The van der Waals surface area contributed by atoms with E-state index in [-0.39, 0.29) is 11.7 Å². The summed E-state index contributed by atoms with van der Waals surface area (Å²) in [6.45, 7) is 0.820. The minimum absolute atomic E-state index is 0.0414. The standard InChI is InChI=1S/C21H26F2N2O2/c1-3-16-4-6-18(7-5-16)14-25(2)15-20(26)24-13-12-17-8-10-19(11-9-17)27-21(22)23/h4-11,21H,3,12-15H2,1-2H3,(H,24,26). The number of halogens is 2. The third-order valence-electron chi connectivity index (χ3n) is 4.18. The molecule has 2 rings (SSSR count). The molecule has 0 aliphatic heterocycles. The number of carbonyl (C=O) groups excluding carboxylic acids is 1. The van der Waals surface area contributed by atoms with E-state index in [9.17, 15) is 13.6 Å². The number of rotatable bonds is 10. The average molecular weight is 376 g/mol. The summed E-state index contributed by atoms with van der Waals surface area (Å²) in [6.07, 6.45) is 1.64. The van der Waals surface area contributed by atoms with Crippen LogP contribution in [0.3, 0.4) is 0 Å². The second kappa shape index (κ2) is 10.6. The maximum Gasteiger partial charge on any atom is 0.387 e. The fourth-order valence-electron chi connectivity index (χ4n) is 2.73. The van der Waals surface area contributed by atoms with Gasteiger partial charge < -0.3 is 10.1 Å². The molecule has 0 heterocycles. The van der Waals surface area contributed by atoms with Gasteiger partial charge in [0.1, 0.15) is 5.75 Å². The van der Waals surface area contributed by atoms with Gasteiger partial charge in [-0.1, -0.05) is 43.3 Å². The van der Waals surface area contributed by atoms with E-state index in [1.807, 2.05) is 11.9 Å². The third-order valence-corrected chi connectivity index (χ3v) is 4.18. The predicted octanol–water partition coefficient (Wildman–Crippen LogP) is 3.64. The molecule has 0 bridgehead atoms. The zero-order valence-corrected chi connectivity index (χ0v) is 15.8. The Morgan fingerprint density at radius 2 is 1.63 bits per heavy atom. The Morgan fingerprint density at radius 3 is 2.22 bits per heavy atom. The van der Waals surface area contributed by atoms with Crippen molar-refractivity contribution in [1.29, 1.82) is 0 Å². The van der Waals surface area contributed by atoms with Crippen LogP contribution in [0.5, 0.6) is 5.75 Å². The van der Waals surface area contributed by atoms with Crippen molar-refractivity contribution >= 4 is 5.91 Å². The van der Waals surface area contributed by atoms with E-state index in [0.717, 1.165) is 12.0 Å². The summed E-state index contributed by atoms with van der Waals surface area (Å²) in [6, 6.07) is 14.8. The van der Waals surface area contributed by atoms with Gasteiger partial charge in [0.25, 0.3) is 0 Å². The first kappa shape index (κ1) is 20.8. The third kappa shape index (κ3) is 7.74. The molecule has 146 valence electrons. The molecule has 2 aromatic carbocycles. The van der Waals surface area contributed by atoms with Crippen LogP contribution in [-0.4, -0.2) is 37.6 Å². The van der Waals surface area contributed by atoms with Gasteiger partial charge in [-0.2, -0.15) is 8.78 Å². The fraction of sp³-hybridized carbons (Fsp3) is 0.381. The Bertz CT molecular complexity index is 703. The minimum Gasteiger partial charge on any atom is -0.435 e. The molecule has 1 N–H and O–H groups in total. The number of ether oxygens (including phenoxy) is 1. The number of hydrogen-bond acceptors (Lipinski definition) is 3. The summed E-state index contributed by atoms with van der Waals surface area (Å²) in [5.41, 5.74) is 3.42. The summed E-state index contributed by atoms with van der Waals surface area (Å²) < 4.78 is 28.5. The van der Waals surface area contributed by atoms with Gasteiger partial charge in [0.05, 0.1) is 6.54 Å². The first-order valence-electron chi connectivity index (χ1n) is 9.03. The Hall–Kier alpha value is -2.47. The average Bonchev–Trinajstić information content (AvgIpc) is 2.63. The first-order valence-corrected chi connectivity index (χ1v) is 9.03. The molecule has 0 saturated heterocycles. The number of amides is 1. The quantitative estimate of drug-likeness (QED) is 0.688.